The Hall–Kier alpha value is -0.640. The summed E-state index contributed by atoms with van der Waals surface area (Å²) >= 11 is 3.51. The van der Waals surface area contributed by atoms with Crippen molar-refractivity contribution in [3.63, 3.8) is 0 Å². The van der Waals surface area contributed by atoms with Gasteiger partial charge < -0.3 is 5.32 Å². The quantitative estimate of drug-likeness (QED) is 0.917. The third kappa shape index (κ3) is 2.48. The Balaban J connectivity index is 2.13. The second-order valence-electron chi connectivity index (χ2n) is 4.68. The molecule has 0 unspecified atom stereocenters. The second-order valence-corrected chi connectivity index (χ2v) is 5.48. The highest BCUT2D eigenvalue weighted by atomic mass is 79.9. The number of anilines is 1. The zero-order valence-electron chi connectivity index (χ0n) is 9.39. The first kappa shape index (κ1) is 10.9. The molecule has 0 saturated heterocycles. The van der Waals surface area contributed by atoms with Gasteiger partial charge in [-0.15, -0.1) is 0 Å². The molecule has 1 heterocycles. The lowest BCUT2D eigenvalue weighted by atomic mass is 10.1. The molecule has 1 aliphatic carbocycles. The summed E-state index contributed by atoms with van der Waals surface area (Å²) in [6.07, 6.45) is 2.64. The highest BCUT2D eigenvalue weighted by Gasteiger charge is 2.37. The Bertz CT molecular complexity index is 386. The van der Waals surface area contributed by atoms with Gasteiger partial charge in [-0.3, -0.25) is 0 Å². The Labute approximate surface area is 98.8 Å². The number of nitrogens with zero attached hydrogens (tertiary/aromatic N) is 2. The fourth-order valence-corrected chi connectivity index (χ4v) is 1.82. The summed E-state index contributed by atoms with van der Waals surface area (Å²) in [4.78, 5) is 8.69. The molecule has 0 spiro atoms. The number of nitrogens with one attached hydrogen (secondary N) is 1. The Morgan fingerprint density at radius 3 is 2.60 bits per heavy atom. The molecule has 1 N–H and O–H groups in total. The minimum atomic E-state index is 0.492. The fraction of sp³-hybridized carbons (Fsp3) is 0.636. The van der Waals surface area contributed by atoms with Crippen LogP contribution in [0.4, 0.5) is 5.82 Å². The van der Waals surface area contributed by atoms with Gasteiger partial charge >= 0.3 is 0 Å². The van der Waals surface area contributed by atoms with E-state index >= 15 is 0 Å². The molecular weight excluding hydrogens is 254 g/mol. The van der Waals surface area contributed by atoms with E-state index in [0.29, 0.717) is 5.41 Å². The number of hydrogen-bond acceptors (Lipinski definition) is 3. The maximum atomic E-state index is 4.40. The van der Waals surface area contributed by atoms with Gasteiger partial charge in [-0.1, -0.05) is 6.92 Å². The molecule has 0 bridgehead atoms. The van der Waals surface area contributed by atoms with Crippen molar-refractivity contribution < 1.29 is 0 Å². The van der Waals surface area contributed by atoms with Crippen LogP contribution in [0.25, 0.3) is 0 Å². The molecule has 1 aromatic rings. The van der Waals surface area contributed by atoms with E-state index in [-0.39, 0.29) is 0 Å². The summed E-state index contributed by atoms with van der Waals surface area (Å²) in [5.74, 6) is 1.74. The van der Waals surface area contributed by atoms with Crippen molar-refractivity contribution in [2.24, 2.45) is 5.41 Å². The molecule has 4 heteroatoms. The largest absolute Gasteiger partial charge is 0.368 e. The fourth-order valence-electron chi connectivity index (χ4n) is 1.50. The van der Waals surface area contributed by atoms with Crippen molar-refractivity contribution >= 4 is 21.7 Å². The zero-order valence-corrected chi connectivity index (χ0v) is 11.0. The standard InChI is InChI=1S/C11H16BrN3/c1-7-9(12)10(15-8(2)14-7)13-6-11(3)4-5-11/h4-6H2,1-3H3,(H,13,14,15). The summed E-state index contributed by atoms with van der Waals surface area (Å²) < 4.78 is 0.984. The molecule has 0 amide bonds. The molecular formula is C11H16BrN3. The molecule has 1 aliphatic rings. The predicted octanol–water partition coefficient (Wildman–Crippen LogP) is 3.07. The Morgan fingerprint density at radius 1 is 1.33 bits per heavy atom. The van der Waals surface area contributed by atoms with Crippen molar-refractivity contribution in [1.29, 1.82) is 0 Å². The summed E-state index contributed by atoms with van der Waals surface area (Å²) in [6, 6.07) is 0. The molecule has 0 atom stereocenters. The van der Waals surface area contributed by atoms with E-state index in [1.165, 1.54) is 12.8 Å². The van der Waals surface area contributed by atoms with Crippen molar-refractivity contribution in [3.05, 3.63) is 16.0 Å². The van der Waals surface area contributed by atoms with Gasteiger partial charge in [0.1, 0.15) is 11.6 Å². The Kier molecular flexibility index (Phi) is 2.71. The van der Waals surface area contributed by atoms with E-state index < -0.39 is 0 Å². The molecule has 1 fully saturated rings. The summed E-state index contributed by atoms with van der Waals surface area (Å²) in [7, 11) is 0. The Morgan fingerprint density at radius 2 is 2.00 bits per heavy atom. The van der Waals surface area contributed by atoms with Crippen LogP contribution in [0.15, 0.2) is 4.47 Å². The number of aromatic nitrogens is 2. The third-order valence-corrected chi connectivity index (χ3v) is 3.86. The SMILES string of the molecule is Cc1nc(C)c(Br)c(NCC2(C)CC2)n1. The van der Waals surface area contributed by atoms with Gasteiger partial charge in [-0.05, 0) is 48.0 Å². The van der Waals surface area contributed by atoms with E-state index in [9.17, 15) is 0 Å². The average Bonchev–Trinajstić information content (AvgIpc) is 2.88. The number of hydrogen-bond donors (Lipinski definition) is 1. The molecule has 0 radical (unpaired) electrons. The average molecular weight is 270 g/mol. The van der Waals surface area contributed by atoms with E-state index in [1.807, 2.05) is 13.8 Å². The highest BCUT2D eigenvalue weighted by Crippen LogP contribution is 2.44. The van der Waals surface area contributed by atoms with Crippen LogP contribution >= 0.6 is 15.9 Å². The van der Waals surface area contributed by atoms with Crippen LogP contribution in [0.5, 0.6) is 0 Å². The first-order valence-corrected chi connectivity index (χ1v) is 6.04. The number of halogens is 1. The van der Waals surface area contributed by atoms with Gasteiger partial charge in [0.2, 0.25) is 0 Å². The third-order valence-electron chi connectivity index (χ3n) is 2.91. The monoisotopic (exact) mass is 269 g/mol. The summed E-state index contributed by atoms with van der Waals surface area (Å²) in [5, 5.41) is 3.40. The molecule has 82 valence electrons. The van der Waals surface area contributed by atoms with Gasteiger partial charge in [0.15, 0.2) is 0 Å². The van der Waals surface area contributed by atoms with Crippen LogP contribution in [0, 0.1) is 19.3 Å². The van der Waals surface area contributed by atoms with Crippen molar-refractivity contribution in [2.45, 2.75) is 33.6 Å². The molecule has 0 aliphatic heterocycles. The van der Waals surface area contributed by atoms with E-state index in [2.05, 4.69) is 38.1 Å². The van der Waals surface area contributed by atoms with E-state index in [4.69, 9.17) is 0 Å². The molecule has 1 saturated carbocycles. The van der Waals surface area contributed by atoms with Crippen LogP contribution in [0.3, 0.4) is 0 Å². The highest BCUT2D eigenvalue weighted by molar-refractivity contribution is 9.10. The summed E-state index contributed by atoms with van der Waals surface area (Å²) in [5.41, 5.74) is 1.48. The van der Waals surface area contributed by atoms with Crippen LogP contribution in [0.2, 0.25) is 0 Å². The maximum Gasteiger partial charge on any atom is 0.144 e. The maximum absolute atomic E-state index is 4.40. The molecule has 1 aromatic heterocycles. The predicted molar refractivity (Wildman–Crippen MR) is 65.0 cm³/mol. The summed E-state index contributed by atoms with van der Waals surface area (Å²) in [6.45, 7) is 7.21. The van der Waals surface area contributed by atoms with Crippen LogP contribution < -0.4 is 5.32 Å². The van der Waals surface area contributed by atoms with Crippen LogP contribution in [-0.2, 0) is 0 Å². The zero-order chi connectivity index (χ0) is 11.1. The lowest BCUT2D eigenvalue weighted by molar-refractivity contribution is 0.608. The van der Waals surface area contributed by atoms with Gasteiger partial charge in [0.05, 0.1) is 10.2 Å². The van der Waals surface area contributed by atoms with E-state index in [0.717, 1.165) is 28.4 Å². The smallest absolute Gasteiger partial charge is 0.144 e. The van der Waals surface area contributed by atoms with Gasteiger partial charge in [-0.2, -0.15) is 0 Å². The lowest BCUT2D eigenvalue weighted by Crippen LogP contribution is -2.14. The molecule has 2 rings (SSSR count). The van der Waals surface area contributed by atoms with Gasteiger partial charge in [-0.25, -0.2) is 9.97 Å². The number of aryl methyl sites for hydroxylation is 2. The lowest BCUT2D eigenvalue weighted by Gasteiger charge is -2.13. The van der Waals surface area contributed by atoms with Crippen LogP contribution in [0.1, 0.15) is 31.3 Å². The minimum absolute atomic E-state index is 0.492. The first-order valence-electron chi connectivity index (χ1n) is 5.25. The minimum Gasteiger partial charge on any atom is -0.368 e. The van der Waals surface area contributed by atoms with Crippen LogP contribution in [-0.4, -0.2) is 16.5 Å². The van der Waals surface area contributed by atoms with Crippen molar-refractivity contribution in [2.75, 3.05) is 11.9 Å². The van der Waals surface area contributed by atoms with Crippen molar-refractivity contribution in [3.8, 4) is 0 Å². The van der Waals surface area contributed by atoms with Gasteiger partial charge in [0.25, 0.3) is 0 Å². The topological polar surface area (TPSA) is 37.8 Å². The molecule has 3 nitrogen and oxygen atoms in total. The second kappa shape index (κ2) is 3.74. The van der Waals surface area contributed by atoms with E-state index in [1.54, 1.807) is 0 Å². The first-order chi connectivity index (χ1) is 7.00. The molecule has 15 heavy (non-hydrogen) atoms. The van der Waals surface area contributed by atoms with Gasteiger partial charge in [0, 0.05) is 6.54 Å². The normalized spacial score (nSPS) is 17.6. The van der Waals surface area contributed by atoms with Crippen molar-refractivity contribution in [1.82, 2.24) is 9.97 Å². The number of rotatable bonds is 3. The molecule has 0 aromatic carbocycles.